The predicted molar refractivity (Wildman–Crippen MR) is 86.0 cm³/mol. The molecule has 0 bridgehead atoms. The third-order valence-electron chi connectivity index (χ3n) is 3.11. The minimum Gasteiger partial charge on any atom is -0.451 e. The van der Waals surface area contributed by atoms with Crippen molar-refractivity contribution in [3.05, 3.63) is 53.0 Å². The number of furan rings is 1. The number of nitrogens with one attached hydrogen (secondary N) is 1. The Kier molecular flexibility index (Phi) is 4.47. The van der Waals surface area contributed by atoms with E-state index in [0.717, 1.165) is 17.8 Å². The molecule has 0 aliphatic rings. The summed E-state index contributed by atoms with van der Waals surface area (Å²) in [5, 5.41) is 11.9. The number of rotatable bonds is 5. The summed E-state index contributed by atoms with van der Waals surface area (Å²) in [5.74, 6) is -0.0503. The van der Waals surface area contributed by atoms with E-state index >= 15 is 0 Å². The fourth-order valence-corrected chi connectivity index (χ4v) is 2.84. The molecule has 0 saturated heterocycles. The van der Waals surface area contributed by atoms with Crippen LogP contribution in [0.1, 0.15) is 28.9 Å². The van der Waals surface area contributed by atoms with Crippen LogP contribution in [0.4, 0.5) is 9.52 Å². The van der Waals surface area contributed by atoms with Crippen LogP contribution in [-0.2, 0) is 6.42 Å². The van der Waals surface area contributed by atoms with Crippen LogP contribution >= 0.6 is 11.3 Å². The van der Waals surface area contributed by atoms with Crippen molar-refractivity contribution in [2.45, 2.75) is 19.8 Å². The Bertz CT molecular complexity index is 811. The van der Waals surface area contributed by atoms with E-state index in [4.69, 9.17) is 4.42 Å². The molecule has 1 N–H and O–H groups in total. The van der Waals surface area contributed by atoms with Gasteiger partial charge >= 0.3 is 0 Å². The van der Waals surface area contributed by atoms with Gasteiger partial charge in [-0.2, -0.15) is 0 Å². The van der Waals surface area contributed by atoms with E-state index in [1.165, 1.54) is 23.5 Å². The molecule has 2 aromatic heterocycles. The minimum atomic E-state index is -0.391. The van der Waals surface area contributed by atoms with Crippen LogP contribution in [0.25, 0.3) is 11.3 Å². The molecule has 118 valence electrons. The van der Waals surface area contributed by atoms with E-state index in [1.54, 1.807) is 24.3 Å². The number of aryl methyl sites for hydroxylation is 1. The molecule has 0 radical (unpaired) electrons. The van der Waals surface area contributed by atoms with Crippen molar-refractivity contribution < 1.29 is 13.6 Å². The molecule has 0 saturated carbocycles. The molecule has 1 aromatic carbocycles. The van der Waals surface area contributed by atoms with Crippen LogP contribution in [0.2, 0.25) is 0 Å². The molecular weight excluding hydrogens is 317 g/mol. The average Bonchev–Trinajstić information content (AvgIpc) is 3.18. The number of carbonyl (C=O) groups is 1. The van der Waals surface area contributed by atoms with E-state index in [-0.39, 0.29) is 11.6 Å². The number of amides is 1. The quantitative estimate of drug-likeness (QED) is 0.763. The number of aromatic nitrogens is 2. The second kappa shape index (κ2) is 6.70. The van der Waals surface area contributed by atoms with E-state index in [9.17, 15) is 9.18 Å². The Morgan fingerprint density at radius 1 is 1.22 bits per heavy atom. The summed E-state index contributed by atoms with van der Waals surface area (Å²) in [4.78, 5) is 12.2. The number of hydrogen-bond donors (Lipinski definition) is 1. The summed E-state index contributed by atoms with van der Waals surface area (Å²) in [7, 11) is 0. The van der Waals surface area contributed by atoms with Crippen molar-refractivity contribution in [2.75, 3.05) is 5.32 Å². The number of benzene rings is 1. The van der Waals surface area contributed by atoms with Gasteiger partial charge in [0, 0.05) is 12.0 Å². The molecule has 0 spiro atoms. The number of carbonyl (C=O) groups excluding carboxylic acids is 1. The summed E-state index contributed by atoms with van der Waals surface area (Å²) >= 11 is 1.35. The highest BCUT2D eigenvalue weighted by Gasteiger charge is 2.14. The van der Waals surface area contributed by atoms with Gasteiger partial charge in [-0.25, -0.2) is 4.39 Å². The Morgan fingerprint density at radius 3 is 2.74 bits per heavy atom. The topological polar surface area (TPSA) is 68.0 Å². The van der Waals surface area contributed by atoms with Gasteiger partial charge in [0.2, 0.25) is 5.13 Å². The maximum Gasteiger partial charge on any atom is 0.293 e. The standard InChI is InChI=1S/C16H14FN3O2S/c1-2-3-14-19-20-16(23-14)18-15(21)13-9-8-12(22-13)10-4-6-11(17)7-5-10/h4-9H,2-3H2,1H3,(H,18,20,21). The molecule has 7 heteroatoms. The van der Waals surface area contributed by atoms with Crippen LogP contribution in [-0.4, -0.2) is 16.1 Å². The molecule has 0 atom stereocenters. The number of nitrogens with zero attached hydrogens (tertiary/aromatic N) is 2. The van der Waals surface area contributed by atoms with E-state index in [2.05, 4.69) is 22.4 Å². The third-order valence-corrected chi connectivity index (χ3v) is 4.01. The Balaban J connectivity index is 1.71. The lowest BCUT2D eigenvalue weighted by Crippen LogP contribution is -2.10. The zero-order valence-electron chi connectivity index (χ0n) is 12.4. The van der Waals surface area contributed by atoms with Crippen molar-refractivity contribution in [1.82, 2.24) is 10.2 Å². The Hall–Kier alpha value is -2.54. The minimum absolute atomic E-state index is 0.163. The molecule has 0 unspecified atom stereocenters. The molecule has 0 aliphatic heterocycles. The predicted octanol–water partition coefficient (Wildman–Crippen LogP) is 4.14. The molecule has 5 nitrogen and oxygen atoms in total. The second-order valence-electron chi connectivity index (χ2n) is 4.88. The number of anilines is 1. The van der Waals surface area contributed by atoms with Gasteiger partial charge in [0.05, 0.1) is 0 Å². The molecule has 0 aliphatic carbocycles. The van der Waals surface area contributed by atoms with Gasteiger partial charge < -0.3 is 4.42 Å². The van der Waals surface area contributed by atoms with Gasteiger partial charge in [0.15, 0.2) is 5.76 Å². The molecule has 0 fully saturated rings. The summed E-state index contributed by atoms with van der Waals surface area (Å²) in [5.41, 5.74) is 0.701. The van der Waals surface area contributed by atoms with Crippen LogP contribution in [0, 0.1) is 5.82 Å². The first-order valence-corrected chi connectivity index (χ1v) is 7.97. The molecule has 2 heterocycles. The van der Waals surface area contributed by atoms with Gasteiger partial charge in [0.1, 0.15) is 16.6 Å². The average molecular weight is 331 g/mol. The molecule has 23 heavy (non-hydrogen) atoms. The first-order chi connectivity index (χ1) is 11.2. The van der Waals surface area contributed by atoms with E-state index in [0.29, 0.717) is 16.5 Å². The summed E-state index contributed by atoms with van der Waals surface area (Å²) in [6, 6.07) is 9.12. The third kappa shape index (κ3) is 3.62. The number of halogens is 1. The van der Waals surface area contributed by atoms with Crippen molar-refractivity contribution in [3.63, 3.8) is 0 Å². The van der Waals surface area contributed by atoms with Gasteiger partial charge in [0.25, 0.3) is 5.91 Å². The zero-order chi connectivity index (χ0) is 16.2. The SMILES string of the molecule is CCCc1nnc(NC(=O)c2ccc(-c3ccc(F)cc3)o2)s1. The first kappa shape index (κ1) is 15.4. The maximum absolute atomic E-state index is 12.9. The van der Waals surface area contributed by atoms with Gasteiger partial charge in [-0.3, -0.25) is 10.1 Å². The van der Waals surface area contributed by atoms with Crippen LogP contribution in [0.3, 0.4) is 0 Å². The van der Waals surface area contributed by atoms with Crippen molar-refractivity contribution in [1.29, 1.82) is 0 Å². The summed E-state index contributed by atoms with van der Waals surface area (Å²) < 4.78 is 18.4. The highest BCUT2D eigenvalue weighted by atomic mass is 32.1. The van der Waals surface area contributed by atoms with Crippen molar-refractivity contribution >= 4 is 22.4 Å². The molecule has 1 amide bonds. The van der Waals surface area contributed by atoms with Gasteiger partial charge in [-0.1, -0.05) is 18.3 Å². The summed E-state index contributed by atoms with van der Waals surface area (Å²) in [6.07, 6.45) is 1.81. The fourth-order valence-electron chi connectivity index (χ4n) is 2.01. The molecule has 3 rings (SSSR count). The lowest BCUT2D eigenvalue weighted by atomic mass is 10.2. The van der Waals surface area contributed by atoms with Crippen LogP contribution in [0.15, 0.2) is 40.8 Å². The van der Waals surface area contributed by atoms with Crippen molar-refractivity contribution in [3.8, 4) is 11.3 Å². The van der Waals surface area contributed by atoms with E-state index < -0.39 is 5.91 Å². The van der Waals surface area contributed by atoms with Crippen LogP contribution < -0.4 is 5.32 Å². The smallest absolute Gasteiger partial charge is 0.293 e. The summed E-state index contributed by atoms with van der Waals surface area (Å²) in [6.45, 7) is 2.06. The first-order valence-electron chi connectivity index (χ1n) is 7.15. The highest BCUT2D eigenvalue weighted by Crippen LogP contribution is 2.23. The lowest BCUT2D eigenvalue weighted by Gasteiger charge is -1.98. The maximum atomic E-state index is 12.9. The fraction of sp³-hybridized carbons (Fsp3) is 0.188. The highest BCUT2D eigenvalue weighted by molar-refractivity contribution is 7.15. The molecular formula is C16H14FN3O2S. The Morgan fingerprint density at radius 2 is 2.00 bits per heavy atom. The molecule has 3 aromatic rings. The van der Waals surface area contributed by atoms with Crippen LogP contribution in [0.5, 0.6) is 0 Å². The lowest BCUT2D eigenvalue weighted by molar-refractivity contribution is 0.0997. The van der Waals surface area contributed by atoms with E-state index in [1.807, 2.05) is 0 Å². The second-order valence-corrected chi connectivity index (χ2v) is 5.94. The number of hydrogen-bond acceptors (Lipinski definition) is 5. The Labute approximate surface area is 136 Å². The van der Waals surface area contributed by atoms with Gasteiger partial charge in [-0.15, -0.1) is 10.2 Å². The zero-order valence-corrected chi connectivity index (χ0v) is 13.2. The normalized spacial score (nSPS) is 10.7. The largest absolute Gasteiger partial charge is 0.451 e. The van der Waals surface area contributed by atoms with Crippen molar-refractivity contribution in [2.24, 2.45) is 0 Å². The van der Waals surface area contributed by atoms with Gasteiger partial charge in [-0.05, 0) is 42.8 Å². The monoisotopic (exact) mass is 331 g/mol.